The highest BCUT2D eigenvalue weighted by Gasteiger charge is 2.43. The third-order valence-corrected chi connectivity index (χ3v) is 4.16. The van der Waals surface area contributed by atoms with Crippen molar-refractivity contribution in [2.45, 2.75) is 77.4 Å². The topological polar surface area (TPSA) is 93.7 Å². The molecule has 1 aliphatic heterocycles. The fraction of sp³-hybridized carbons (Fsp3) is 0.938. The molecule has 0 aromatic heterocycles. The van der Waals surface area contributed by atoms with Crippen LogP contribution in [0.4, 0.5) is 0 Å². The zero-order valence-electron chi connectivity index (χ0n) is 14.0. The maximum absolute atomic E-state index is 11.3. The number of nitrogens with two attached hydrogens (primary N) is 1. The summed E-state index contributed by atoms with van der Waals surface area (Å²) >= 11 is 0. The minimum absolute atomic E-state index is 0.0162. The van der Waals surface area contributed by atoms with E-state index >= 15 is 0 Å². The van der Waals surface area contributed by atoms with Gasteiger partial charge in [-0.15, -0.1) is 0 Å². The Morgan fingerprint density at radius 1 is 1.27 bits per heavy atom. The van der Waals surface area contributed by atoms with Crippen molar-refractivity contribution >= 4 is 5.97 Å². The summed E-state index contributed by atoms with van der Waals surface area (Å²) in [6, 6.07) is -0.463. The van der Waals surface area contributed by atoms with Crippen LogP contribution in [0.2, 0.25) is 0 Å². The third-order valence-electron chi connectivity index (χ3n) is 4.16. The van der Waals surface area contributed by atoms with Gasteiger partial charge in [0.1, 0.15) is 12.7 Å². The molecule has 1 fully saturated rings. The van der Waals surface area contributed by atoms with E-state index in [-0.39, 0.29) is 24.1 Å². The van der Waals surface area contributed by atoms with E-state index in [2.05, 4.69) is 0 Å². The second-order valence-corrected chi connectivity index (χ2v) is 6.00. The molecule has 0 aromatic rings. The molecule has 0 saturated carbocycles. The highest BCUT2D eigenvalue weighted by molar-refractivity contribution is 5.66. The number of hydrogen-bond donors (Lipinski definition) is 1. The normalized spacial score (nSPS) is 32.0. The van der Waals surface area contributed by atoms with Gasteiger partial charge in [0.2, 0.25) is 0 Å². The van der Waals surface area contributed by atoms with Gasteiger partial charge in [-0.05, 0) is 19.3 Å². The third kappa shape index (κ3) is 5.83. The molecule has 0 spiro atoms. The highest BCUT2D eigenvalue weighted by Crippen LogP contribution is 2.29. The lowest BCUT2D eigenvalue weighted by Crippen LogP contribution is -2.59. The van der Waals surface area contributed by atoms with Crippen LogP contribution in [0.25, 0.3) is 0 Å². The van der Waals surface area contributed by atoms with Gasteiger partial charge >= 0.3 is 5.97 Å². The second-order valence-electron chi connectivity index (χ2n) is 6.00. The Morgan fingerprint density at radius 3 is 2.55 bits per heavy atom. The number of hydrogen-bond acceptors (Lipinski definition) is 5. The van der Waals surface area contributed by atoms with Crippen LogP contribution >= 0.6 is 0 Å². The Morgan fingerprint density at radius 2 is 1.95 bits per heavy atom. The monoisotopic (exact) mass is 318 g/mol. The van der Waals surface area contributed by atoms with Gasteiger partial charge in [0, 0.05) is 25.9 Å². The first kappa shape index (κ1) is 19.4. The van der Waals surface area contributed by atoms with Crippen LogP contribution in [0.3, 0.4) is 0 Å². The van der Waals surface area contributed by atoms with E-state index in [0.717, 1.165) is 32.1 Å². The second kappa shape index (κ2) is 10.2. The smallest absolute Gasteiger partial charge is 0.302 e. The average Bonchev–Trinajstić information content (AvgIpc) is 2.48. The molecule has 5 atom stereocenters. The lowest BCUT2D eigenvalue weighted by Gasteiger charge is -2.43. The molecule has 1 heterocycles. The van der Waals surface area contributed by atoms with Crippen molar-refractivity contribution in [3.8, 4) is 0 Å². The first-order chi connectivity index (χ1) is 10.5. The van der Waals surface area contributed by atoms with Crippen molar-refractivity contribution in [3.63, 3.8) is 0 Å². The van der Waals surface area contributed by atoms with E-state index in [0.29, 0.717) is 13.2 Å². The average molecular weight is 318 g/mol. The van der Waals surface area contributed by atoms with Crippen LogP contribution in [-0.2, 0) is 19.0 Å². The van der Waals surface area contributed by atoms with Crippen molar-refractivity contribution in [3.05, 3.63) is 0 Å². The number of carbonyl (C=O) groups excluding carboxylic acids is 1. The van der Waals surface area contributed by atoms with Crippen molar-refractivity contribution in [2.75, 3.05) is 13.2 Å². The molecule has 1 saturated heterocycles. The predicted molar refractivity (Wildman–Crippen MR) is 84.5 cm³/mol. The van der Waals surface area contributed by atoms with E-state index in [1.54, 1.807) is 0 Å². The van der Waals surface area contributed by atoms with Gasteiger partial charge in [0.25, 0.3) is 0 Å². The minimum Gasteiger partial charge on any atom is -0.460 e. The van der Waals surface area contributed by atoms with E-state index in [1.165, 1.54) is 6.92 Å². The van der Waals surface area contributed by atoms with Crippen molar-refractivity contribution in [2.24, 2.45) is 11.7 Å². The van der Waals surface area contributed by atoms with Crippen LogP contribution in [0.1, 0.15) is 52.9 Å². The Hall–Kier alpha value is -0.690. The van der Waals surface area contributed by atoms with Crippen LogP contribution in [0.15, 0.2) is 0 Å². The van der Waals surface area contributed by atoms with E-state index < -0.39 is 12.3 Å². The summed E-state index contributed by atoms with van der Waals surface area (Å²) in [4.78, 5) is 11.3. The van der Waals surface area contributed by atoms with Crippen molar-refractivity contribution in [1.29, 1.82) is 0 Å². The quantitative estimate of drug-likeness (QED) is 0.393. The van der Waals surface area contributed by atoms with Gasteiger partial charge in [-0.1, -0.05) is 20.3 Å². The maximum atomic E-state index is 11.3. The summed E-state index contributed by atoms with van der Waals surface area (Å²) < 4.78 is 17.1. The van der Waals surface area contributed by atoms with Crippen LogP contribution in [0, 0.1) is 5.92 Å². The van der Waals surface area contributed by atoms with Crippen LogP contribution in [0.5, 0.6) is 0 Å². The SMILES string of the molecule is CCC1O[C@@H](OCCCCCC[OH2+])C(N)C(OC(C)=O)[C@H]1C. The fourth-order valence-corrected chi connectivity index (χ4v) is 2.88. The molecule has 3 unspecified atom stereocenters. The summed E-state index contributed by atoms with van der Waals surface area (Å²) in [6.45, 7) is 6.50. The summed E-state index contributed by atoms with van der Waals surface area (Å²) in [5.74, 6) is -0.265. The van der Waals surface area contributed by atoms with Crippen molar-refractivity contribution < 1.29 is 24.1 Å². The fourth-order valence-electron chi connectivity index (χ4n) is 2.88. The summed E-state index contributed by atoms with van der Waals surface area (Å²) in [7, 11) is 0. The maximum Gasteiger partial charge on any atom is 0.302 e. The first-order valence-corrected chi connectivity index (χ1v) is 8.35. The van der Waals surface area contributed by atoms with Gasteiger partial charge in [0.05, 0.1) is 12.1 Å². The lowest BCUT2D eigenvalue weighted by atomic mass is 9.88. The molecule has 4 N–H and O–H groups in total. The van der Waals surface area contributed by atoms with E-state index in [1.807, 2.05) is 13.8 Å². The summed E-state index contributed by atoms with van der Waals surface area (Å²) in [5, 5.41) is 7.10. The molecule has 130 valence electrons. The van der Waals surface area contributed by atoms with Crippen LogP contribution in [-0.4, -0.2) is 48.8 Å². The lowest BCUT2D eigenvalue weighted by molar-refractivity contribution is -0.248. The van der Waals surface area contributed by atoms with Crippen molar-refractivity contribution in [1.82, 2.24) is 0 Å². The molecule has 6 nitrogen and oxygen atoms in total. The molecule has 0 aliphatic carbocycles. The van der Waals surface area contributed by atoms with E-state index in [9.17, 15) is 4.79 Å². The van der Waals surface area contributed by atoms with Gasteiger partial charge in [-0.25, -0.2) is 0 Å². The summed E-state index contributed by atoms with van der Waals surface area (Å²) in [6.07, 6.45) is 3.87. The molecular formula is C16H32NO5+. The molecule has 0 amide bonds. The van der Waals surface area contributed by atoms with Gasteiger partial charge < -0.3 is 25.1 Å². The molecular weight excluding hydrogens is 286 g/mol. The first-order valence-electron chi connectivity index (χ1n) is 8.35. The Bertz CT molecular complexity index is 326. The zero-order chi connectivity index (χ0) is 16.5. The molecule has 0 bridgehead atoms. The van der Waals surface area contributed by atoms with Gasteiger partial charge in [-0.2, -0.15) is 0 Å². The Balaban J connectivity index is 2.48. The Kier molecular flexibility index (Phi) is 8.93. The Labute approximate surface area is 133 Å². The number of ether oxygens (including phenoxy) is 3. The van der Waals surface area contributed by atoms with Crippen LogP contribution < -0.4 is 5.73 Å². The molecule has 1 aliphatic rings. The minimum atomic E-state index is -0.526. The highest BCUT2D eigenvalue weighted by atomic mass is 16.7. The number of carbonyl (C=O) groups is 1. The largest absolute Gasteiger partial charge is 0.460 e. The number of rotatable bonds is 9. The molecule has 22 heavy (non-hydrogen) atoms. The molecule has 6 heteroatoms. The predicted octanol–water partition coefficient (Wildman–Crippen LogP) is 1.32. The zero-order valence-corrected chi connectivity index (χ0v) is 14.0. The summed E-state index contributed by atoms with van der Waals surface area (Å²) in [5.41, 5.74) is 6.19. The molecule has 1 rings (SSSR count). The molecule has 0 radical (unpaired) electrons. The van der Waals surface area contributed by atoms with Gasteiger partial charge in [0.15, 0.2) is 6.29 Å². The van der Waals surface area contributed by atoms with Gasteiger partial charge in [-0.3, -0.25) is 4.79 Å². The standard InChI is InChI=1S/C16H31NO5/c1-4-13-11(2)15(21-12(3)19)14(17)16(22-13)20-10-8-6-5-7-9-18/h11,13-16,18H,4-10,17H2,1-3H3/p+1/t11-,13?,14?,15?,16+/m0/s1. The molecule has 0 aromatic carbocycles. The number of unbranched alkanes of at least 4 members (excludes halogenated alkanes) is 3. The van der Waals surface area contributed by atoms with E-state index in [4.69, 9.17) is 25.1 Å². The number of esters is 1.